The lowest BCUT2D eigenvalue weighted by Crippen LogP contribution is -2.52. The summed E-state index contributed by atoms with van der Waals surface area (Å²) in [5, 5.41) is 20.6. The first kappa shape index (κ1) is 21.8. The third-order valence-electron chi connectivity index (χ3n) is 9.80. The van der Waals surface area contributed by atoms with E-state index < -0.39 is 0 Å². The molecule has 3 unspecified atom stereocenters. The number of aromatic nitrogens is 4. The van der Waals surface area contributed by atoms with E-state index in [1.54, 1.807) is 0 Å². The van der Waals surface area contributed by atoms with Crippen LogP contribution in [0, 0.1) is 34.5 Å². The highest BCUT2D eigenvalue weighted by atomic mass is 16.3. The lowest BCUT2D eigenvalue weighted by molar-refractivity contribution is -0.0973. The SMILES string of the molecule is C=C1CCC2[C@H](Cn3cnc4c(N)ncnc43)C(C3(C)CC[C@H](O)C[C@@H]3CO)CC[C@]12C. The first-order chi connectivity index (χ1) is 15.3. The van der Waals surface area contributed by atoms with Crippen molar-refractivity contribution in [2.45, 2.75) is 71.4 Å². The van der Waals surface area contributed by atoms with Crippen LogP contribution < -0.4 is 5.73 Å². The molecule has 174 valence electrons. The zero-order valence-electron chi connectivity index (χ0n) is 19.4. The molecule has 2 heterocycles. The van der Waals surface area contributed by atoms with Gasteiger partial charge in [-0.15, -0.1) is 0 Å². The number of hydrogen-bond acceptors (Lipinski definition) is 6. The van der Waals surface area contributed by atoms with Gasteiger partial charge in [0.2, 0.25) is 0 Å². The summed E-state index contributed by atoms with van der Waals surface area (Å²) in [6.45, 7) is 10.2. The molecule has 3 fully saturated rings. The zero-order chi connectivity index (χ0) is 22.7. The molecule has 0 aromatic carbocycles. The van der Waals surface area contributed by atoms with E-state index in [1.165, 1.54) is 18.3 Å². The number of hydrogen-bond donors (Lipinski definition) is 3. The predicted octanol–water partition coefficient (Wildman–Crippen LogP) is 3.57. The van der Waals surface area contributed by atoms with Gasteiger partial charge < -0.3 is 20.5 Å². The largest absolute Gasteiger partial charge is 0.396 e. The molecule has 32 heavy (non-hydrogen) atoms. The Morgan fingerprint density at radius 2 is 1.97 bits per heavy atom. The summed E-state index contributed by atoms with van der Waals surface area (Å²) in [6, 6.07) is 0. The smallest absolute Gasteiger partial charge is 0.165 e. The number of fused-ring (bicyclic) bond motifs is 2. The first-order valence-corrected chi connectivity index (χ1v) is 12.2. The Morgan fingerprint density at radius 3 is 2.75 bits per heavy atom. The standard InChI is InChI=1S/C25H37N5O2/c1-15-4-5-19-18(11-30-14-29-21-22(26)27-13-28-23(21)30)20(7-9-24(15,19)2)25(3)8-6-17(32)10-16(25)12-31/h13-14,16-20,31-32H,1,4-12H2,2-3H3,(H2,26,27,28)/t16-,17+,18+,19?,20?,24-,25?/m1/s1. The molecule has 0 aliphatic heterocycles. The second kappa shape index (κ2) is 7.80. The molecule has 2 aromatic heterocycles. The van der Waals surface area contributed by atoms with Gasteiger partial charge in [-0.1, -0.05) is 26.0 Å². The van der Waals surface area contributed by atoms with Gasteiger partial charge in [-0.3, -0.25) is 0 Å². The molecular formula is C25H37N5O2. The van der Waals surface area contributed by atoms with Crippen molar-refractivity contribution in [2.24, 2.45) is 34.5 Å². The Balaban J connectivity index is 1.55. The third-order valence-corrected chi connectivity index (χ3v) is 9.80. The molecule has 0 spiro atoms. The number of aliphatic hydroxyl groups is 2. The van der Waals surface area contributed by atoms with E-state index in [1.807, 2.05) is 6.33 Å². The van der Waals surface area contributed by atoms with Crippen LogP contribution in [0.1, 0.15) is 58.8 Å². The van der Waals surface area contributed by atoms with Crippen LogP contribution in [-0.4, -0.2) is 42.4 Å². The van der Waals surface area contributed by atoms with Gasteiger partial charge in [0.1, 0.15) is 11.8 Å². The number of aliphatic hydroxyl groups excluding tert-OH is 2. The lowest BCUT2D eigenvalue weighted by Gasteiger charge is -2.56. The molecule has 7 nitrogen and oxygen atoms in total. The maximum absolute atomic E-state index is 10.3. The highest BCUT2D eigenvalue weighted by Gasteiger charge is 2.56. The van der Waals surface area contributed by atoms with E-state index in [9.17, 15) is 10.2 Å². The second-order valence-electron chi connectivity index (χ2n) is 11.1. The molecule has 3 aliphatic rings. The number of anilines is 1. The predicted molar refractivity (Wildman–Crippen MR) is 124 cm³/mol. The van der Waals surface area contributed by atoms with Crippen molar-refractivity contribution in [1.29, 1.82) is 0 Å². The number of nitrogens with zero attached hydrogens (tertiary/aromatic N) is 4. The van der Waals surface area contributed by atoms with E-state index >= 15 is 0 Å². The maximum atomic E-state index is 10.3. The van der Waals surface area contributed by atoms with Gasteiger partial charge in [0.25, 0.3) is 0 Å². The molecule has 0 amide bonds. The van der Waals surface area contributed by atoms with Crippen LogP contribution in [0.2, 0.25) is 0 Å². The van der Waals surface area contributed by atoms with Gasteiger partial charge in [0, 0.05) is 13.2 Å². The van der Waals surface area contributed by atoms with Gasteiger partial charge >= 0.3 is 0 Å². The number of nitrogen functional groups attached to an aromatic ring is 1. The molecule has 2 aromatic rings. The van der Waals surface area contributed by atoms with Gasteiger partial charge in [-0.25, -0.2) is 15.0 Å². The summed E-state index contributed by atoms with van der Waals surface area (Å²) in [5.74, 6) is 1.99. The Bertz CT molecular complexity index is 1020. The fourth-order valence-electron chi connectivity index (χ4n) is 7.70. The molecule has 0 bridgehead atoms. The van der Waals surface area contributed by atoms with Crippen molar-refractivity contribution in [3.8, 4) is 0 Å². The highest BCUT2D eigenvalue weighted by Crippen LogP contribution is 2.63. The molecular weight excluding hydrogens is 402 g/mol. The van der Waals surface area contributed by atoms with Gasteiger partial charge in [-0.05, 0) is 79.4 Å². The molecule has 5 rings (SSSR count). The Morgan fingerprint density at radius 1 is 1.16 bits per heavy atom. The molecule has 7 atom stereocenters. The van der Waals surface area contributed by atoms with E-state index in [0.717, 1.165) is 44.3 Å². The van der Waals surface area contributed by atoms with Crippen LogP contribution in [0.15, 0.2) is 24.8 Å². The van der Waals surface area contributed by atoms with Gasteiger partial charge in [0.05, 0.1) is 12.4 Å². The first-order valence-electron chi connectivity index (χ1n) is 12.2. The number of imidazole rings is 1. The van der Waals surface area contributed by atoms with Crippen molar-refractivity contribution < 1.29 is 10.2 Å². The molecule has 3 saturated carbocycles. The molecule has 4 N–H and O–H groups in total. The summed E-state index contributed by atoms with van der Waals surface area (Å²) in [6.07, 6.45) is 10.1. The lowest BCUT2D eigenvalue weighted by atomic mass is 9.49. The number of rotatable bonds is 4. The van der Waals surface area contributed by atoms with Crippen molar-refractivity contribution in [3.05, 3.63) is 24.8 Å². The van der Waals surface area contributed by atoms with Crippen LogP contribution in [0.5, 0.6) is 0 Å². The van der Waals surface area contributed by atoms with Gasteiger partial charge in [0.15, 0.2) is 11.5 Å². The van der Waals surface area contributed by atoms with Crippen LogP contribution in [0.4, 0.5) is 5.82 Å². The summed E-state index contributed by atoms with van der Waals surface area (Å²) < 4.78 is 2.16. The third kappa shape index (κ3) is 3.19. The average Bonchev–Trinajstić information content (AvgIpc) is 3.32. The Kier molecular flexibility index (Phi) is 5.32. The second-order valence-corrected chi connectivity index (χ2v) is 11.1. The summed E-state index contributed by atoms with van der Waals surface area (Å²) >= 11 is 0. The quantitative estimate of drug-likeness (QED) is 0.628. The highest BCUT2D eigenvalue weighted by molar-refractivity contribution is 5.81. The molecule has 7 heteroatoms. The summed E-state index contributed by atoms with van der Waals surface area (Å²) in [4.78, 5) is 13.1. The van der Waals surface area contributed by atoms with Gasteiger partial charge in [-0.2, -0.15) is 0 Å². The fourth-order valence-corrected chi connectivity index (χ4v) is 7.70. The van der Waals surface area contributed by atoms with Crippen LogP contribution in [0.3, 0.4) is 0 Å². The van der Waals surface area contributed by atoms with E-state index in [0.29, 0.717) is 35.5 Å². The van der Waals surface area contributed by atoms with Crippen LogP contribution >= 0.6 is 0 Å². The van der Waals surface area contributed by atoms with Crippen molar-refractivity contribution >= 4 is 17.0 Å². The fraction of sp³-hybridized carbons (Fsp3) is 0.720. The average molecular weight is 440 g/mol. The maximum Gasteiger partial charge on any atom is 0.165 e. The molecule has 3 aliphatic carbocycles. The number of nitrogens with two attached hydrogens (primary N) is 1. The minimum Gasteiger partial charge on any atom is -0.396 e. The monoisotopic (exact) mass is 439 g/mol. The van der Waals surface area contributed by atoms with Crippen LogP contribution in [0.25, 0.3) is 11.2 Å². The Hall–Kier alpha value is -1.99. The van der Waals surface area contributed by atoms with E-state index in [4.69, 9.17) is 5.73 Å². The topological polar surface area (TPSA) is 110 Å². The van der Waals surface area contributed by atoms with Crippen molar-refractivity contribution in [2.75, 3.05) is 12.3 Å². The molecule has 0 radical (unpaired) electrons. The summed E-state index contributed by atoms with van der Waals surface area (Å²) in [7, 11) is 0. The minimum atomic E-state index is -0.295. The summed E-state index contributed by atoms with van der Waals surface area (Å²) in [5.41, 5.74) is 9.09. The van der Waals surface area contributed by atoms with Crippen molar-refractivity contribution in [1.82, 2.24) is 19.5 Å². The normalized spacial score (nSPS) is 40.0. The van der Waals surface area contributed by atoms with E-state index in [-0.39, 0.29) is 29.5 Å². The van der Waals surface area contributed by atoms with Crippen LogP contribution in [-0.2, 0) is 6.54 Å². The number of allylic oxidation sites excluding steroid dienone is 1. The molecule has 0 saturated heterocycles. The minimum absolute atomic E-state index is 0.00823. The Labute approximate surface area is 190 Å². The zero-order valence-corrected chi connectivity index (χ0v) is 19.4. The van der Waals surface area contributed by atoms with E-state index in [2.05, 4.69) is 39.9 Å². The van der Waals surface area contributed by atoms with Crippen molar-refractivity contribution in [3.63, 3.8) is 0 Å².